The van der Waals surface area contributed by atoms with Crippen molar-refractivity contribution in [2.75, 3.05) is 6.61 Å². The molecule has 0 aromatic heterocycles. The minimum Gasteiger partial charge on any atom is -0.463 e. The second kappa shape index (κ2) is 9.03. The first-order valence-electron chi connectivity index (χ1n) is 7.92. The summed E-state index contributed by atoms with van der Waals surface area (Å²) in [4.78, 5) is 23.0. The molecule has 1 saturated carbocycles. The van der Waals surface area contributed by atoms with Crippen LogP contribution in [0.25, 0.3) is 0 Å². The van der Waals surface area contributed by atoms with E-state index in [0.29, 0.717) is 6.61 Å². The Kier molecular flexibility index (Phi) is 7.71. The number of esters is 2. The average Bonchev–Trinajstić information content (AvgIpc) is 2.41. The monoisotopic (exact) mass is 312 g/mol. The van der Waals surface area contributed by atoms with Gasteiger partial charge in [-0.2, -0.15) is 0 Å². The largest absolute Gasteiger partial charge is 0.463 e. The summed E-state index contributed by atoms with van der Waals surface area (Å²) in [6.07, 6.45) is 8.55. The topological polar surface area (TPSA) is 52.6 Å². The molecule has 0 aliphatic heterocycles. The lowest BCUT2D eigenvalue weighted by atomic mass is 9.98. The normalized spacial score (nSPS) is 16.9. The first kappa shape index (κ1) is 17.9. The summed E-state index contributed by atoms with van der Waals surface area (Å²) in [6, 6.07) is 1.13. The van der Waals surface area contributed by atoms with Crippen LogP contribution in [0.4, 0.5) is 0 Å². The molecule has 0 radical (unpaired) electrons. The van der Waals surface area contributed by atoms with Crippen LogP contribution in [0.3, 0.4) is 0 Å². The van der Waals surface area contributed by atoms with E-state index in [1.165, 1.54) is 18.6 Å². The van der Waals surface area contributed by atoms with E-state index in [1.807, 2.05) is 0 Å². The van der Waals surface area contributed by atoms with Gasteiger partial charge in [0.15, 0.2) is 0 Å². The van der Waals surface area contributed by atoms with Crippen molar-refractivity contribution < 1.29 is 19.1 Å². The van der Waals surface area contributed by atoms with Crippen LogP contribution in [-0.2, 0) is 19.1 Å². The lowest BCUT2D eigenvalue weighted by molar-refractivity contribution is -0.145. The summed E-state index contributed by atoms with van der Waals surface area (Å²) in [5.41, 5.74) is 0. The van der Waals surface area contributed by atoms with Gasteiger partial charge in [-0.3, -0.25) is 0 Å². The number of ether oxygens (including phenoxy) is 2. The fourth-order valence-corrected chi connectivity index (χ4v) is 3.55. The Morgan fingerprint density at radius 3 is 2.29 bits per heavy atom. The van der Waals surface area contributed by atoms with Crippen LogP contribution in [0.5, 0.6) is 0 Å². The van der Waals surface area contributed by atoms with Gasteiger partial charge in [-0.25, -0.2) is 9.59 Å². The molecule has 0 atom stereocenters. The zero-order valence-electron chi connectivity index (χ0n) is 13.5. The quantitative estimate of drug-likeness (QED) is 0.311. The first-order chi connectivity index (χ1) is 9.87. The zero-order chi connectivity index (χ0) is 15.7. The molecule has 5 heteroatoms. The van der Waals surface area contributed by atoms with Gasteiger partial charge in [0.1, 0.15) is 6.10 Å². The van der Waals surface area contributed by atoms with E-state index in [1.54, 1.807) is 0 Å². The minimum atomic E-state index is -1.07. The lowest BCUT2D eigenvalue weighted by Crippen LogP contribution is -2.20. The highest BCUT2D eigenvalue weighted by Crippen LogP contribution is 2.20. The molecule has 0 aromatic carbocycles. The summed E-state index contributed by atoms with van der Waals surface area (Å²) in [6.45, 7) is 7.28. The number of hydrogen-bond acceptors (Lipinski definition) is 4. The highest BCUT2D eigenvalue weighted by molar-refractivity contribution is 6.76. The van der Waals surface area contributed by atoms with Crippen LogP contribution in [0.15, 0.2) is 12.2 Å². The van der Waals surface area contributed by atoms with Crippen LogP contribution >= 0.6 is 0 Å². The van der Waals surface area contributed by atoms with Gasteiger partial charge in [-0.1, -0.05) is 32.1 Å². The van der Waals surface area contributed by atoms with Crippen LogP contribution in [0.2, 0.25) is 25.7 Å². The molecular weight excluding hydrogens is 284 g/mol. The van der Waals surface area contributed by atoms with Gasteiger partial charge in [0.25, 0.3) is 0 Å². The third-order valence-corrected chi connectivity index (χ3v) is 5.36. The van der Waals surface area contributed by atoms with Gasteiger partial charge in [-0.05, 0) is 32.1 Å². The summed E-state index contributed by atoms with van der Waals surface area (Å²) >= 11 is 0. The van der Waals surface area contributed by atoms with E-state index >= 15 is 0 Å². The maximum atomic E-state index is 11.6. The molecule has 0 heterocycles. The predicted molar refractivity (Wildman–Crippen MR) is 85.8 cm³/mol. The van der Waals surface area contributed by atoms with Crippen LogP contribution in [-0.4, -0.2) is 32.7 Å². The summed E-state index contributed by atoms with van der Waals surface area (Å²) in [7, 11) is -1.07. The Morgan fingerprint density at radius 1 is 1.05 bits per heavy atom. The van der Waals surface area contributed by atoms with Gasteiger partial charge in [0.05, 0.1) is 6.61 Å². The minimum absolute atomic E-state index is 0.0173. The molecule has 0 saturated heterocycles. The molecule has 120 valence electrons. The SMILES string of the molecule is C[Si](C)(C)CCCOC(=O)/C=C/C(=O)OC1CCCCC1. The maximum Gasteiger partial charge on any atom is 0.331 e. The predicted octanol–water partition coefficient (Wildman–Crippen LogP) is 3.69. The number of hydrogen-bond donors (Lipinski definition) is 0. The standard InChI is InChI=1S/C16H28O4Si/c1-21(2,3)13-7-12-19-15(17)10-11-16(18)20-14-8-5-4-6-9-14/h10-11,14H,4-9,12-13H2,1-3H3/b11-10+. The van der Waals surface area contributed by atoms with E-state index < -0.39 is 20.0 Å². The molecule has 21 heavy (non-hydrogen) atoms. The average molecular weight is 312 g/mol. The van der Waals surface area contributed by atoms with Crippen LogP contribution < -0.4 is 0 Å². The molecule has 0 amide bonds. The van der Waals surface area contributed by atoms with Crippen molar-refractivity contribution in [1.82, 2.24) is 0 Å². The maximum absolute atomic E-state index is 11.6. The fraction of sp³-hybridized carbons (Fsp3) is 0.750. The summed E-state index contributed by atoms with van der Waals surface area (Å²) < 4.78 is 10.4. The number of rotatable bonds is 7. The molecule has 4 nitrogen and oxygen atoms in total. The zero-order valence-corrected chi connectivity index (χ0v) is 14.5. The molecule has 1 aliphatic rings. The molecule has 0 bridgehead atoms. The van der Waals surface area contributed by atoms with E-state index in [2.05, 4.69) is 19.6 Å². The van der Waals surface area contributed by atoms with Crippen molar-refractivity contribution in [2.24, 2.45) is 0 Å². The highest BCUT2D eigenvalue weighted by Gasteiger charge is 2.16. The molecular formula is C16H28O4Si. The molecule has 0 unspecified atom stereocenters. The molecule has 0 spiro atoms. The molecule has 1 rings (SSSR count). The summed E-state index contributed by atoms with van der Waals surface area (Å²) in [5.74, 6) is -0.910. The Bertz CT molecular complexity index is 365. The Labute approximate surface area is 128 Å². The Hall–Kier alpha value is -1.10. The van der Waals surface area contributed by atoms with Gasteiger partial charge in [-0.15, -0.1) is 0 Å². The van der Waals surface area contributed by atoms with Gasteiger partial charge >= 0.3 is 11.9 Å². The van der Waals surface area contributed by atoms with Crippen LogP contribution in [0.1, 0.15) is 38.5 Å². The van der Waals surface area contributed by atoms with E-state index in [-0.39, 0.29) is 6.10 Å². The lowest BCUT2D eigenvalue weighted by Gasteiger charge is -2.20. The third kappa shape index (κ3) is 9.45. The summed E-state index contributed by atoms with van der Waals surface area (Å²) in [5, 5.41) is 0. The first-order valence-corrected chi connectivity index (χ1v) is 11.6. The number of carbonyl (C=O) groups excluding carboxylic acids is 2. The van der Waals surface area contributed by atoms with E-state index in [9.17, 15) is 9.59 Å². The Balaban J connectivity index is 2.16. The van der Waals surface area contributed by atoms with E-state index in [0.717, 1.165) is 38.1 Å². The van der Waals surface area contributed by atoms with Crippen molar-refractivity contribution in [2.45, 2.75) is 70.3 Å². The molecule has 1 aliphatic carbocycles. The Morgan fingerprint density at radius 2 is 1.67 bits per heavy atom. The van der Waals surface area contributed by atoms with Crippen molar-refractivity contribution in [3.63, 3.8) is 0 Å². The second-order valence-corrected chi connectivity index (χ2v) is 12.5. The van der Waals surface area contributed by atoms with Crippen LogP contribution in [0, 0.1) is 0 Å². The van der Waals surface area contributed by atoms with Crippen molar-refractivity contribution in [3.8, 4) is 0 Å². The van der Waals surface area contributed by atoms with Gasteiger partial charge in [0.2, 0.25) is 0 Å². The molecule has 0 N–H and O–H groups in total. The van der Waals surface area contributed by atoms with Crippen molar-refractivity contribution in [3.05, 3.63) is 12.2 Å². The third-order valence-electron chi connectivity index (χ3n) is 3.51. The molecule has 0 aromatic rings. The van der Waals surface area contributed by atoms with Crippen molar-refractivity contribution >= 4 is 20.0 Å². The second-order valence-electron chi connectivity index (χ2n) is 6.86. The fourth-order valence-electron chi connectivity index (χ4n) is 2.35. The van der Waals surface area contributed by atoms with Crippen molar-refractivity contribution in [1.29, 1.82) is 0 Å². The number of carbonyl (C=O) groups is 2. The van der Waals surface area contributed by atoms with Gasteiger partial charge in [0, 0.05) is 20.2 Å². The van der Waals surface area contributed by atoms with Gasteiger partial charge < -0.3 is 9.47 Å². The van der Waals surface area contributed by atoms with E-state index in [4.69, 9.17) is 9.47 Å². The highest BCUT2D eigenvalue weighted by atomic mass is 28.3. The molecule has 1 fully saturated rings. The smallest absolute Gasteiger partial charge is 0.331 e.